The average Bonchev–Trinajstić information content (AvgIpc) is 2.54. The summed E-state index contributed by atoms with van der Waals surface area (Å²) in [4.78, 5) is 14.0. The Morgan fingerprint density at radius 2 is 1.84 bits per heavy atom. The van der Waals surface area contributed by atoms with Gasteiger partial charge in [-0.1, -0.05) is 13.8 Å². The van der Waals surface area contributed by atoms with Gasteiger partial charge in [-0.3, -0.25) is 4.79 Å². The molecular weight excluding hydrogens is 345 g/mol. The summed E-state index contributed by atoms with van der Waals surface area (Å²) in [7, 11) is -3.69. The van der Waals surface area contributed by atoms with Gasteiger partial charge in [-0.2, -0.15) is 0 Å². The summed E-state index contributed by atoms with van der Waals surface area (Å²) >= 11 is 0. The number of carbonyl (C=O) groups excluding carboxylic acids is 1. The zero-order valence-corrected chi connectivity index (χ0v) is 15.4. The van der Waals surface area contributed by atoms with Crippen molar-refractivity contribution in [2.24, 2.45) is 11.7 Å². The van der Waals surface area contributed by atoms with Crippen LogP contribution in [0, 0.1) is 11.7 Å². The molecule has 1 amide bonds. The number of piperidine rings is 1. The summed E-state index contributed by atoms with van der Waals surface area (Å²) in [5.41, 5.74) is 5.94. The van der Waals surface area contributed by atoms with Gasteiger partial charge in [0.2, 0.25) is 15.9 Å². The van der Waals surface area contributed by atoms with E-state index in [2.05, 4.69) is 4.72 Å². The molecule has 1 heterocycles. The van der Waals surface area contributed by atoms with Crippen molar-refractivity contribution in [1.82, 2.24) is 9.62 Å². The maximum Gasteiger partial charge on any atom is 0.240 e. The lowest BCUT2D eigenvalue weighted by Gasteiger charge is -2.34. The summed E-state index contributed by atoms with van der Waals surface area (Å²) in [6, 6.07) is 3.95. The number of carbonyl (C=O) groups is 1. The van der Waals surface area contributed by atoms with Gasteiger partial charge in [-0.25, -0.2) is 17.5 Å². The second-order valence-electron chi connectivity index (χ2n) is 6.91. The van der Waals surface area contributed by atoms with Crippen molar-refractivity contribution < 1.29 is 17.6 Å². The topological polar surface area (TPSA) is 92.5 Å². The summed E-state index contributed by atoms with van der Waals surface area (Å²) in [6.45, 7) is 4.98. The monoisotopic (exact) mass is 371 g/mol. The van der Waals surface area contributed by atoms with Crippen molar-refractivity contribution in [3.8, 4) is 0 Å². The lowest BCUT2D eigenvalue weighted by atomic mass is 10.0. The van der Waals surface area contributed by atoms with Gasteiger partial charge in [0.15, 0.2) is 0 Å². The highest BCUT2D eigenvalue weighted by Crippen LogP contribution is 2.17. The first-order valence-electron chi connectivity index (χ1n) is 8.51. The Balaban J connectivity index is 1.89. The van der Waals surface area contributed by atoms with E-state index in [0.29, 0.717) is 38.3 Å². The molecule has 0 aliphatic carbocycles. The SMILES string of the molecule is CC(C)C[C@H](N)C(=O)N1CCC(NS(=O)(=O)c2ccc(F)cc2)CC1. The van der Waals surface area contributed by atoms with Gasteiger partial charge in [-0.05, 0) is 49.4 Å². The number of nitrogens with zero attached hydrogens (tertiary/aromatic N) is 1. The molecule has 1 aromatic rings. The van der Waals surface area contributed by atoms with Crippen LogP contribution in [0.5, 0.6) is 0 Å². The molecule has 1 aromatic carbocycles. The minimum absolute atomic E-state index is 0.0337. The van der Waals surface area contributed by atoms with Gasteiger partial charge in [-0.15, -0.1) is 0 Å². The third kappa shape index (κ3) is 5.49. The Labute approximate surface area is 148 Å². The number of hydrogen-bond donors (Lipinski definition) is 2. The first-order chi connectivity index (χ1) is 11.7. The predicted octanol–water partition coefficient (Wildman–Crippen LogP) is 1.47. The van der Waals surface area contributed by atoms with Crippen LogP contribution in [-0.2, 0) is 14.8 Å². The zero-order valence-electron chi connectivity index (χ0n) is 14.6. The molecule has 1 saturated heterocycles. The number of sulfonamides is 1. The van der Waals surface area contributed by atoms with E-state index in [4.69, 9.17) is 5.73 Å². The molecule has 140 valence electrons. The normalized spacial score (nSPS) is 17.7. The highest BCUT2D eigenvalue weighted by molar-refractivity contribution is 7.89. The van der Waals surface area contributed by atoms with Gasteiger partial charge >= 0.3 is 0 Å². The Hall–Kier alpha value is -1.51. The van der Waals surface area contributed by atoms with E-state index in [1.54, 1.807) is 4.90 Å². The fourth-order valence-electron chi connectivity index (χ4n) is 2.96. The molecule has 0 spiro atoms. The third-order valence-electron chi connectivity index (χ3n) is 4.29. The number of nitrogens with two attached hydrogens (primary N) is 1. The van der Waals surface area contributed by atoms with Gasteiger partial charge in [0, 0.05) is 19.1 Å². The molecular formula is C17H26FN3O3S. The quantitative estimate of drug-likeness (QED) is 0.792. The predicted molar refractivity (Wildman–Crippen MR) is 93.8 cm³/mol. The van der Waals surface area contributed by atoms with Gasteiger partial charge in [0.1, 0.15) is 5.82 Å². The van der Waals surface area contributed by atoms with Crippen molar-refractivity contribution >= 4 is 15.9 Å². The molecule has 3 N–H and O–H groups in total. The Kier molecular flexibility index (Phi) is 6.53. The van der Waals surface area contributed by atoms with E-state index < -0.39 is 21.9 Å². The fraction of sp³-hybridized carbons (Fsp3) is 0.588. The maximum absolute atomic E-state index is 12.9. The fourth-order valence-corrected chi connectivity index (χ4v) is 4.27. The second-order valence-corrected chi connectivity index (χ2v) is 8.62. The third-order valence-corrected chi connectivity index (χ3v) is 5.83. The van der Waals surface area contributed by atoms with Crippen LogP contribution < -0.4 is 10.5 Å². The van der Waals surface area contributed by atoms with Crippen LogP contribution in [-0.4, -0.2) is 44.4 Å². The van der Waals surface area contributed by atoms with Crippen molar-refractivity contribution in [3.63, 3.8) is 0 Å². The van der Waals surface area contributed by atoms with Gasteiger partial charge in [0.25, 0.3) is 0 Å². The summed E-state index contributed by atoms with van der Waals surface area (Å²) < 4.78 is 40.2. The summed E-state index contributed by atoms with van der Waals surface area (Å²) in [5.74, 6) is -0.212. The molecule has 0 aromatic heterocycles. The number of amides is 1. The van der Waals surface area contributed by atoms with E-state index in [1.807, 2.05) is 13.8 Å². The van der Waals surface area contributed by atoms with E-state index in [1.165, 1.54) is 12.1 Å². The molecule has 1 fully saturated rings. The Bertz CT molecular complexity index is 684. The van der Waals surface area contributed by atoms with Crippen LogP contribution in [0.15, 0.2) is 29.2 Å². The first-order valence-corrected chi connectivity index (χ1v) is 9.99. The average molecular weight is 371 g/mol. The number of benzene rings is 1. The summed E-state index contributed by atoms with van der Waals surface area (Å²) in [6.07, 6.45) is 1.69. The van der Waals surface area contributed by atoms with E-state index in [0.717, 1.165) is 12.1 Å². The number of nitrogens with one attached hydrogen (secondary N) is 1. The zero-order chi connectivity index (χ0) is 18.6. The standard InChI is InChI=1S/C17H26FN3O3S/c1-12(2)11-16(19)17(22)21-9-7-14(8-10-21)20-25(23,24)15-5-3-13(18)4-6-15/h3-6,12,14,16,20H,7-11,19H2,1-2H3/t16-/m0/s1. The number of likely N-dealkylation sites (tertiary alicyclic amines) is 1. The van der Waals surface area contributed by atoms with Crippen LogP contribution >= 0.6 is 0 Å². The van der Waals surface area contributed by atoms with Crippen molar-refractivity contribution in [3.05, 3.63) is 30.1 Å². The molecule has 0 saturated carbocycles. The molecule has 1 aliphatic heterocycles. The summed E-state index contributed by atoms with van der Waals surface area (Å²) in [5, 5.41) is 0. The molecule has 2 rings (SSSR count). The van der Waals surface area contributed by atoms with Crippen molar-refractivity contribution in [2.75, 3.05) is 13.1 Å². The molecule has 8 heteroatoms. The van der Waals surface area contributed by atoms with Crippen LogP contribution in [0.25, 0.3) is 0 Å². The largest absolute Gasteiger partial charge is 0.341 e. The van der Waals surface area contributed by atoms with E-state index >= 15 is 0 Å². The molecule has 6 nitrogen and oxygen atoms in total. The Morgan fingerprint density at radius 3 is 2.36 bits per heavy atom. The minimum atomic E-state index is -3.69. The second kappa shape index (κ2) is 8.25. The van der Waals surface area contributed by atoms with Crippen molar-refractivity contribution in [2.45, 2.75) is 50.1 Å². The van der Waals surface area contributed by atoms with Crippen LogP contribution in [0.3, 0.4) is 0 Å². The molecule has 1 atom stereocenters. The van der Waals surface area contributed by atoms with Crippen LogP contribution in [0.2, 0.25) is 0 Å². The number of rotatable bonds is 6. The number of hydrogen-bond acceptors (Lipinski definition) is 4. The molecule has 1 aliphatic rings. The molecule has 0 bridgehead atoms. The minimum Gasteiger partial charge on any atom is -0.341 e. The van der Waals surface area contributed by atoms with Crippen LogP contribution in [0.4, 0.5) is 4.39 Å². The maximum atomic E-state index is 12.9. The van der Waals surface area contributed by atoms with Crippen LogP contribution in [0.1, 0.15) is 33.1 Å². The first kappa shape index (κ1) is 19.8. The lowest BCUT2D eigenvalue weighted by Crippen LogP contribution is -2.51. The van der Waals surface area contributed by atoms with Crippen molar-refractivity contribution in [1.29, 1.82) is 0 Å². The molecule has 25 heavy (non-hydrogen) atoms. The smallest absolute Gasteiger partial charge is 0.240 e. The Morgan fingerprint density at radius 1 is 1.28 bits per heavy atom. The molecule has 0 radical (unpaired) electrons. The number of halogens is 1. The van der Waals surface area contributed by atoms with E-state index in [9.17, 15) is 17.6 Å². The molecule has 0 unspecified atom stereocenters. The lowest BCUT2D eigenvalue weighted by molar-refractivity contribution is -0.134. The van der Waals surface area contributed by atoms with Gasteiger partial charge < -0.3 is 10.6 Å². The highest BCUT2D eigenvalue weighted by atomic mass is 32.2. The highest BCUT2D eigenvalue weighted by Gasteiger charge is 2.29. The van der Waals surface area contributed by atoms with E-state index in [-0.39, 0.29) is 16.8 Å². The van der Waals surface area contributed by atoms with Gasteiger partial charge in [0.05, 0.1) is 10.9 Å².